The lowest BCUT2D eigenvalue weighted by atomic mass is 10.4. The van der Waals surface area contributed by atoms with Gasteiger partial charge in [0.15, 0.2) is 0 Å². The molecule has 8 heteroatoms. The summed E-state index contributed by atoms with van der Waals surface area (Å²) in [4.78, 5) is 13.4. The number of hydrogen-bond acceptors (Lipinski definition) is 6. The van der Waals surface area contributed by atoms with Gasteiger partial charge in [0.05, 0.1) is 32.5 Å². The van der Waals surface area contributed by atoms with E-state index in [9.17, 15) is 15.2 Å². The molecule has 0 aliphatic heterocycles. The van der Waals surface area contributed by atoms with Gasteiger partial charge in [0.1, 0.15) is 6.20 Å². The Kier molecular flexibility index (Phi) is 5.53. The molecule has 1 unspecified atom stereocenters. The molecule has 0 saturated carbocycles. The van der Waals surface area contributed by atoms with Gasteiger partial charge in [-0.3, -0.25) is 0 Å². The lowest BCUT2D eigenvalue weighted by Gasteiger charge is -2.10. The first-order valence-electron chi connectivity index (χ1n) is 5.04. The van der Waals surface area contributed by atoms with Crippen molar-refractivity contribution in [1.82, 2.24) is 9.55 Å². The minimum atomic E-state index is -0.735. The molecule has 1 rings (SSSR count). The second-order valence-electron chi connectivity index (χ2n) is 3.41. The topological polar surface area (TPSA) is 99.7 Å². The summed E-state index contributed by atoms with van der Waals surface area (Å²) in [6.45, 7) is 1.21. The van der Waals surface area contributed by atoms with Crippen LogP contribution in [0.4, 0.5) is 5.82 Å². The summed E-state index contributed by atoms with van der Waals surface area (Å²) < 4.78 is 11.3. The van der Waals surface area contributed by atoms with Crippen molar-refractivity contribution in [2.24, 2.45) is 0 Å². The van der Waals surface area contributed by atoms with Crippen LogP contribution in [0.1, 0.15) is 0 Å². The second-order valence-corrected chi connectivity index (χ2v) is 3.41. The first-order valence-corrected chi connectivity index (χ1v) is 5.04. The van der Waals surface area contributed by atoms with Crippen molar-refractivity contribution >= 4 is 5.82 Å². The maximum atomic E-state index is 10.4. The first kappa shape index (κ1) is 13.6. The monoisotopic (exact) mass is 245 g/mol. The standard InChI is InChI=1S/C9H15N3O5/c1-16-2-3-17-6-8(13)4-11-5-9(10-7-11)12(14)15/h5,7-8,13H,2-4,6H2,1H3. The van der Waals surface area contributed by atoms with Crippen LogP contribution in [-0.4, -0.2) is 52.6 Å². The van der Waals surface area contributed by atoms with Gasteiger partial charge in [-0.05, 0) is 9.91 Å². The molecule has 0 fully saturated rings. The molecule has 0 aromatic carbocycles. The average Bonchev–Trinajstić information content (AvgIpc) is 2.73. The van der Waals surface area contributed by atoms with E-state index in [1.165, 1.54) is 17.1 Å². The number of hydrogen-bond donors (Lipinski definition) is 1. The summed E-state index contributed by atoms with van der Waals surface area (Å²) >= 11 is 0. The minimum Gasteiger partial charge on any atom is -0.389 e. The Labute approximate surface area is 97.9 Å². The minimum absolute atomic E-state index is 0.148. The van der Waals surface area contributed by atoms with Crippen LogP contribution in [0.15, 0.2) is 12.5 Å². The summed E-state index contributed by atoms with van der Waals surface area (Å²) in [7, 11) is 1.56. The molecule has 0 aliphatic carbocycles. The zero-order valence-electron chi connectivity index (χ0n) is 9.48. The molecule has 1 N–H and O–H groups in total. The third-order valence-electron chi connectivity index (χ3n) is 1.97. The number of aliphatic hydroxyl groups is 1. The maximum Gasteiger partial charge on any atom is 0.381 e. The molecule has 1 aromatic rings. The molecule has 8 nitrogen and oxygen atoms in total. The van der Waals surface area contributed by atoms with Crippen molar-refractivity contribution in [1.29, 1.82) is 0 Å². The largest absolute Gasteiger partial charge is 0.389 e. The zero-order valence-corrected chi connectivity index (χ0v) is 9.48. The summed E-state index contributed by atoms with van der Waals surface area (Å²) in [5.41, 5.74) is 0. The van der Waals surface area contributed by atoms with E-state index in [2.05, 4.69) is 4.98 Å². The fourth-order valence-corrected chi connectivity index (χ4v) is 1.20. The number of aliphatic hydroxyl groups excluding tert-OH is 1. The highest BCUT2D eigenvalue weighted by Gasteiger charge is 2.12. The van der Waals surface area contributed by atoms with Crippen molar-refractivity contribution in [2.75, 3.05) is 26.9 Å². The number of ether oxygens (including phenoxy) is 2. The van der Waals surface area contributed by atoms with Gasteiger partial charge in [-0.25, -0.2) is 0 Å². The van der Waals surface area contributed by atoms with Crippen LogP contribution in [0.5, 0.6) is 0 Å². The fourth-order valence-electron chi connectivity index (χ4n) is 1.20. The highest BCUT2D eigenvalue weighted by atomic mass is 16.6. The van der Waals surface area contributed by atoms with E-state index in [0.717, 1.165) is 0 Å². The first-order chi connectivity index (χ1) is 8.13. The molecule has 1 atom stereocenters. The molecule has 0 radical (unpaired) electrons. The lowest BCUT2D eigenvalue weighted by Crippen LogP contribution is -2.22. The normalized spacial score (nSPS) is 12.6. The van der Waals surface area contributed by atoms with Crippen molar-refractivity contribution in [3.63, 3.8) is 0 Å². The molecule has 0 amide bonds. The summed E-state index contributed by atoms with van der Waals surface area (Å²) in [6.07, 6.45) is 1.83. The third-order valence-corrected chi connectivity index (χ3v) is 1.97. The van der Waals surface area contributed by atoms with Gasteiger partial charge >= 0.3 is 5.82 Å². The van der Waals surface area contributed by atoms with Gasteiger partial charge in [0.2, 0.25) is 6.33 Å². The van der Waals surface area contributed by atoms with Gasteiger partial charge in [-0.2, -0.15) is 0 Å². The Morgan fingerprint density at radius 1 is 1.65 bits per heavy atom. The van der Waals surface area contributed by atoms with Crippen LogP contribution in [0, 0.1) is 10.1 Å². The summed E-state index contributed by atoms with van der Waals surface area (Å²) in [5.74, 6) is -0.238. The van der Waals surface area contributed by atoms with Crippen LogP contribution < -0.4 is 0 Å². The lowest BCUT2D eigenvalue weighted by molar-refractivity contribution is -0.389. The molecule has 0 bridgehead atoms. The predicted octanol–water partition coefficient (Wildman–Crippen LogP) is -0.185. The maximum absolute atomic E-state index is 10.4. The Balaban J connectivity index is 2.29. The van der Waals surface area contributed by atoms with Crippen molar-refractivity contribution in [3.05, 3.63) is 22.6 Å². The molecular weight excluding hydrogens is 230 g/mol. The number of methoxy groups -OCH3 is 1. The van der Waals surface area contributed by atoms with Gasteiger partial charge in [0.25, 0.3) is 0 Å². The Morgan fingerprint density at radius 3 is 3.00 bits per heavy atom. The van der Waals surface area contributed by atoms with Crippen LogP contribution in [0.2, 0.25) is 0 Å². The Hall–Kier alpha value is -1.51. The van der Waals surface area contributed by atoms with E-state index in [4.69, 9.17) is 9.47 Å². The van der Waals surface area contributed by atoms with E-state index >= 15 is 0 Å². The van der Waals surface area contributed by atoms with Crippen LogP contribution in [0.3, 0.4) is 0 Å². The Morgan fingerprint density at radius 2 is 2.41 bits per heavy atom. The fraction of sp³-hybridized carbons (Fsp3) is 0.667. The highest BCUT2D eigenvalue weighted by molar-refractivity contribution is 5.12. The second kappa shape index (κ2) is 6.94. The van der Waals surface area contributed by atoms with Crippen LogP contribution in [0.25, 0.3) is 0 Å². The number of nitro groups is 1. The van der Waals surface area contributed by atoms with Crippen molar-refractivity contribution in [2.45, 2.75) is 12.6 Å². The third kappa shape index (κ3) is 4.89. The molecule has 17 heavy (non-hydrogen) atoms. The van der Waals surface area contributed by atoms with E-state index in [1.807, 2.05) is 0 Å². The number of nitrogens with zero attached hydrogens (tertiary/aromatic N) is 3. The van der Waals surface area contributed by atoms with E-state index in [1.54, 1.807) is 7.11 Å². The van der Waals surface area contributed by atoms with Gasteiger partial charge < -0.3 is 29.3 Å². The number of rotatable bonds is 8. The smallest absolute Gasteiger partial charge is 0.381 e. The van der Waals surface area contributed by atoms with E-state index in [0.29, 0.717) is 13.2 Å². The molecule has 1 heterocycles. The zero-order chi connectivity index (χ0) is 12.7. The van der Waals surface area contributed by atoms with Crippen LogP contribution in [-0.2, 0) is 16.0 Å². The highest BCUT2D eigenvalue weighted by Crippen LogP contribution is 2.06. The molecule has 0 saturated heterocycles. The average molecular weight is 245 g/mol. The van der Waals surface area contributed by atoms with Gasteiger partial charge in [0, 0.05) is 7.11 Å². The predicted molar refractivity (Wildman–Crippen MR) is 57.6 cm³/mol. The molecule has 96 valence electrons. The van der Waals surface area contributed by atoms with E-state index < -0.39 is 11.0 Å². The van der Waals surface area contributed by atoms with Gasteiger partial charge in [-0.1, -0.05) is 0 Å². The van der Waals surface area contributed by atoms with Crippen molar-refractivity contribution < 1.29 is 19.5 Å². The Bertz CT molecular complexity index is 354. The molecule has 1 aromatic heterocycles. The molecule has 0 aliphatic rings. The SMILES string of the molecule is COCCOCC(O)Cn1cnc([N+](=O)[O-])c1. The molecular formula is C9H15N3O5. The van der Waals surface area contributed by atoms with Crippen molar-refractivity contribution in [3.8, 4) is 0 Å². The van der Waals surface area contributed by atoms with Gasteiger partial charge in [-0.15, -0.1) is 0 Å². The number of aromatic nitrogens is 2. The molecule has 0 spiro atoms. The number of imidazole rings is 1. The summed E-state index contributed by atoms with van der Waals surface area (Å²) in [5, 5.41) is 19.9. The van der Waals surface area contributed by atoms with E-state index in [-0.39, 0.29) is 19.0 Å². The summed E-state index contributed by atoms with van der Waals surface area (Å²) in [6, 6.07) is 0. The quantitative estimate of drug-likeness (QED) is 0.387. The van der Waals surface area contributed by atoms with Crippen LogP contribution >= 0.6 is 0 Å².